The Hall–Kier alpha value is -1.25. The van der Waals surface area contributed by atoms with Crippen molar-refractivity contribution in [2.24, 2.45) is 0 Å². The van der Waals surface area contributed by atoms with Gasteiger partial charge in [-0.1, -0.05) is 36.2 Å². The molecule has 18 heavy (non-hydrogen) atoms. The van der Waals surface area contributed by atoms with Crippen LogP contribution in [0.25, 0.3) is 0 Å². The predicted molar refractivity (Wildman–Crippen MR) is 72.6 cm³/mol. The van der Waals surface area contributed by atoms with E-state index < -0.39 is 0 Å². The first-order valence-corrected chi connectivity index (χ1v) is 6.41. The number of Topliss-reactive ketones (excluding diaryl/α,β-unsaturated/α-hetero) is 1. The van der Waals surface area contributed by atoms with E-state index in [-0.39, 0.29) is 5.78 Å². The van der Waals surface area contributed by atoms with Crippen LogP contribution in [-0.4, -0.2) is 5.78 Å². The molecule has 0 fully saturated rings. The van der Waals surface area contributed by atoms with Crippen molar-refractivity contribution >= 4 is 29.0 Å². The summed E-state index contributed by atoms with van der Waals surface area (Å²) in [5, 5.41) is 0.954. The lowest BCUT2D eigenvalue weighted by Gasteiger charge is -2.03. The number of carbonyl (C=O) groups is 1. The highest BCUT2D eigenvalue weighted by atomic mass is 35.5. The number of hydrogen-bond acceptors (Lipinski definition) is 2. The number of rotatable bonds is 4. The first-order valence-electron chi connectivity index (χ1n) is 5.65. The van der Waals surface area contributed by atoms with Gasteiger partial charge in [-0.2, -0.15) is 0 Å². The van der Waals surface area contributed by atoms with Crippen molar-refractivity contribution in [3.63, 3.8) is 0 Å². The van der Waals surface area contributed by atoms with Crippen molar-refractivity contribution in [1.29, 1.82) is 0 Å². The molecule has 2 rings (SSSR count). The number of furan rings is 1. The minimum Gasteiger partial charge on any atom is -0.469 e. The largest absolute Gasteiger partial charge is 0.469 e. The highest BCUT2D eigenvalue weighted by Gasteiger charge is 2.14. The molecule has 0 aliphatic rings. The Morgan fingerprint density at radius 3 is 2.67 bits per heavy atom. The van der Waals surface area contributed by atoms with Crippen molar-refractivity contribution in [1.82, 2.24) is 0 Å². The molecule has 0 atom stereocenters. The summed E-state index contributed by atoms with van der Waals surface area (Å²) in [4.78, 5) is 12.1. The third kappa shape index (κ3) is 2.77. The van der Waals surface area contributed by atoms with Gasteiger partial charge in [0.15, 0.2) is 5.78 Å². The molecule has 0 aliphatic carbocycles. The summed E-state index contributed by atoms with van der Waals surface area (Å²) in [5.74, 6) is 0.749. The first kappa shape index (κ1) is 13.2. The van der Waals surface area contributed by atoms with Gasteiger partial charge in [-0.15, -0.1) is 0 Å². The fourth-order valence-corrected chi connectivity index (χ4v) is 2.11. The zero-order valence-corrected chi connectivity index (χ0v) is 11.4. The second-order valence-corrected chi connectivity index (χ2v) is 4.77. The molecule has 1 aromatic carbocycles. The number of aryl methyl sites for hydroxylation is 1. The zero-order chi connectivity index (χ0) is 13.1. The molecule has 0 N–H and O–H groups in total. The lowest BCUT2D eigenvalue weighted by molar-refractivity contribution is 0.0991. The molecule has 0 unspecified atom stereocenters. The molecule has 94 valence electrons. The molecule has 1 heterocycles. The lowest BCUT2D eigenvalue weighted by atomic mass is 10.0. The van der Waals surface area contributed by atoms with E-state index in [1.807, 2.05) is 6.92 Å². The summed E-state index contributed by atoms with van der Waals surface area (Å²) in [6.07, 6.45) is 2.54. The fraction of sp³-hybridized carbons (Fsp3) is 0.214. The van der Waals surface area contributed by atoms with Crippen molar-refractivity contribution in [3.05, 3.63) is 57.5 Å². The van der Waals surface area contributed by atoms with Crippen molar-refractivity contribution < 1.29 is 9.21 Å². The number of halogens is 2. The summed E-state index contributed by atoms with van der Waals surface area (Å²) in [5.41, 5.74) is 1.49. The minimum atomic E-state index is 0.0268. The molecule has 4 heteroatoms. The molecule has 2 nitrogen and oxygen atoms in total. The SMILES string of the molecule is CCc1occc1C(=O)Cc1ccc(Cl)c(Cl)c1. The van der Waals surface area contributed by atoms with E-state index in [0.717, 1.165) is 11.3 Å². The second kappa shape index (κ2) is 5.59. The van der Waals surface area contributed by atoms with E-state index >= 15 is 0 Å². The van der Waals surface area contributed by atoms with Gasteiger partial charge in [-0.3, -0.25) is 4.79 Å². The molecule has 0 saturated heterocycles. The van der Waals surface area contributed by atoms with Gasteiger partial charge in [0.2, 0.25) is 0 Å². The average Bonchev–Trinajstić information content (AvgIpc) is 2.82. The van der Waals surface area contributed by atoms with Crippen LogP contribution in [0.15, 0.2) is 34.9 Å². The van der Waals surface area contributed by atoms with Crippen LogP contribution < -0.4 is 0 Å². The van der Waals surface area contributed by atoms with Crippen molar-refractivity contribution in [3.8, 4) is 0 Å². The maximum absolute atomic E-state index is 12.1. The third-order valence-electron chi connectivity index (χ3n) is 2.72. The number of ketones is 1. The molecular formula is C14H12Cl2O2. The molecule has 0 amide bonds. The summed E-state index contributed by atoms with van der Waals surface area (Å²) >= 11 is 11.8. The van der Waals surface area contributed by atoms with Crippen LogP contribution in [0.4, 0.5) is 0 Å². The Labute approximate surface area is 116 Å². The monoisotopic (exact) mass is 282 g/mol. The molecule has 0 saturated carbocycles. The Balaban J connectivity index is 2.19. The quantitative estimate of drug-likeness (QED) is 0.769. The third-order valence-corrected chi connectivity index (χ3v) is 3.45. The molecule has 0 aliphatic heterocycles. The highest BCUT2D eigenvalue weighted by molar-refractivity contribution is 6.42. The van der Waals surface area contributed by atoms with Gasteiger partial charge in [0.25, 0.3) is 0 Å². The average molecular weight is 283 g/mol. The van der Waals surface area contributed by atoms with Crippen LogP contribution >= 0.6 is 23.2 Å². The topological polar surface area (TPSA) is 30.2 Å². The summed E-state index contributed by atoms with van der Waals surface area (Å²) in [7, 11) is 0. The molecule has 2 aromatic rings. The lowest BCUT2D eigenvalue weighted by Crippen LogP contribution is -2.04. The Bertz CT molecular complexity index is 573. The summed E-state index contributed by atoms with van der Waals surface area (Å²) < 4.78 is 5.25. The van der Waals surface area contributed by atoms with Crippen LogP contribution in [0, 0.1) is 0 Å². The van der Waals surface area contributed by atoms with Crippen LogP contribution in [0.5, 0.6) is 0 Å². The highest BCUT2D eigenvalue weighted by Crippen LogP contribution is 2.23. The van der Waals surface area contributed by atoms with Gasteiger partial charge in [0, 0.05) is 12.8 Å². The Morgan fingerprint density at radius 1 is 1.22 bits per heavy atom. The van der Waals surface area contributed by atoms with Gasteiger partial charge in [-0.25, -0.2) is 0 Å². The molecule has 0 spiro atoms. The van der Waals surface area contributed by atoms with Crippen LogP contribution in [0.3, 0.4) is 0 Å². The smallest absolute Gasteiger partial charge is 0.170 e. The Morgan fingerprint density at radius 2 is 2.00 bits per heavy atom. The van der Waals surface area contributed by atoms with Crippen molar-refractivity contribution in [2.45, 2.75) is 19.8 Å². The minimum absolute atomic E-state index is 0.0268. The van der Waals surface area contributed by atoms with E-state index in [0.29, 0.717) is 28.5 Å². The van der Waals surface area contributed by atoms with Gasteiger partial charge in [0.05, 0.1) is 21.9 Å². The van der Waals surface area contributed by atoms with E-state index in [9.17, 15) is 4.79 Å². The van der Waals surface area contributed by atoms with E-state index in [2.05, 4.69) is 0 Å². The summed E-state index contributed by atoms with van der Waals surface area (Å²) in [6, 6.07) is 6.92. The van der Waals surface area contributed by atoms with Crippen LogP contribution in [0.1, 0.15) is 28.6 Å². The fourth-order valence-electron chi connectivity index (χ4n) is 1.79. The number of benzene rings is 1. The van der Waals surface area contributed by atoms with E-state index in [1.54, 1.807) is 30.5 Å². The van der Waals surface area contributed by atoms with E-state index in [1.165, 1.54) is 0 Å². The maximum Gasteiger partial charge on any atom is 0.170 e. The standard InChI is InChI=1S/C14H12Cl2O2/c1-2-14-10(5-6-18-14)13(17)8-9-3-4-11(15)12(16)7-9/h3-7H,2,8H2,1H3. The predicted octanol–water partition coefficient (Wildman–Crippen LogP) is 4.57. The maximum atomic E-state index is 12.1. The second-order valence-electron chi connectivity index (χ2n) is 3.96. The van der Waals surface area contributed by atoms with Gasteiger partial charge in [0.1, 0.15) is 5.76 Å². The van der Waals surface area contributed by atoms with Gasteiger partial charge in [-0.05, 0) is 23.8 Å². The molecule has 1 aromatic heterocycles. The molecule has 0 bridgehead atoms. The zero-order valence-electron chi connectivity index (χ0n) is 9.87. The van der Waals surface area contributed by atoms with Crippen LogP contribution in [0.2, 0.25) is 10.0 Å². The van der Waals surface area contributed by atoms with Gasteiger partial charge < -0.3 is 4.42 Å². The van der Waals surface area contributed by atoms with Crippen molar-refractivity contribution in [2.75, 3.05) is 0 Å². The van der Waals surface area contributed by atoms with Crippen LogP contribution in [-0.2, 0) is 12.8 Å². The molecular weight excluding hydrogens is 271 g/mol. The van der Waals surface area contributed by atoms with Gasteiger partial charge >= 0.3 is 0 Å². The molecule has 0 radical (unpaired) electrons. The Kier molecular flexibility index (Phi) is 4.10. The number of hydrogen-bond donors (Lipinski definition) is 0. The normalized spacial score (nSPS) is 10.6. The first-order chi connectivity index (χ1) is 8.61. The van der Waals surface area contributed by atoms with E-state index in [4.69, 9.17) is 27.6 Å². The summed E-state index contributed by atoms with van der Waals surface area (Å²) in [6.45, 7) is 1.95. The number of carbonyl (C=O) groups excluding carboxylic acids is 1.